The predicted molar refractivity (Wildman–Crippen MR) is 64.2 cm³/mol. The van der Waals surface area contributed by atoms with Crippen molar-refractivity contribution in [1.82, 2.24) is 0 Å². The van der Waals surface area contributed by atoms with E-state index in [1.807, 2.05) is 6.92 Å². The number of hydrogen-bond acceptors (Lipinski definition) is 4. The first-order chi connectivity index (χ1) is 8.26. The van der Waals surface area contributed by atoms with E-state index in [9.17, 15) is 4.79 Å². The van der Waals surface area contributed by atoms with E-state index in [2.05, 4.69) is 0 Å². The van der Waals surface area contributed by atoms with E-state index in [4.69, 9.17) is 14.6 Å². The maximum atomic E-state index is 11.4. The van der Waals surface area contributed by atoms with Crippen molar-refractivity contribution in [2.24, 2.45) is 0 Å². The number of rotatable bonds is 7. The minimum Gasteiger partial charge on any atom is -0.494 e. The second-order valence-corrected chi connectivity index (χ2v) is 3.56. The molecule has 0 spiro atoms. The van der Waals surface area contributed by atoms with Crippen molar-refractivity contribution in [3.63, 3.8) is 0 Å². The van der Waals surface area contributed by atoms with Gasteiger partial charge >= 0.3 is 5.97 Å². The summed E-state index contributed by atoms with van der Waals surface area (Å²) in [6.07, 6.45) is 1.60. The average molecular weight is 238 g/mol. The van der Waals surface area contributed by atoms with Gasteiger partial charge in [-0.05, 0) is 44.0 Å². The molecule has 0 aliphatic heterocycles. The molecule has 1 aromatic rings. The molecule has 94 valence electrons. The molecule has 1 N–H and O–H groups in total. The molecule has 0 heterocycles. The minimum atomic E-state index is -0.275. The number of carbonyl (C=O) groups excluding carboxylic acids is 1. The van der Waals surface area contributed by atoms with E-state index in [0.717, 1.165) is 5.75 Å². The Balaban J connectivity index is 2.37. The second kappa shape index (κ2) is 7.68. The van der Waals surface area contributed by atoms with Gasteiger partial charge in [-0.25, -0.2) is 0 Å². The number of ether oxygens (including phenoxy) is 2. The lowest BCUT2D eigenvalue weighted by atomic mass is 10.2. The molecule has 0 aliphatic rings. The van der Waals surface area contributed by atoms with Crippen molar-refractivity contribution in [1.29, 1.82) is 0 Å². The molecule has 0 atom stereocenters. The summed E-state index contributed by atoms with van der Waals surface area (Å²) < 4.78 is 10.4. The SMILES string of the molecule is CCOc1ccc(OC(=O)CCCCO)cc1. The molecule has 1 aromatic carbocycles. The molecule has 0 radical (unpaired) electrons. The van der Waals surface area contributed by atoms with Crippen LogP contribution in [0.15, 0.2) is 24.3 Å². The molecule has 17 heavy (non-hydrogen) atoms. The van der Waals surface area contributed by atoms with Gasteiger partial charge in [0.05, 0.1) is 6.61 Å². The van der Waals surface area contributed by atoms with Crippen LogP contribution in [0, 0.1) is 0 Å². The van der Waals surface area contributed by atoms with Crippen molar-refractivity contribution in [2.45, 2.75) is 26.2 Å². The number of hydrogen-bond donors (Lipinski definition) is 1. The van der Waals surface area contributed by atoms with Gasteiger partial charge in [-0.15, -0.1) is 0 Å². The molecule has 0 amide bonds. The fourth-order valence-electron chi connectivity index (χ4n) is 1.33. The summed E-state index contributed by atoms with van der Waals surface area (Å²) in [6.45, 7) is 2.63. The van der Waals surface area contributed by atoms with Gasteiger partial charge in [-0.2, -0.15) is 0 Å². The van der Waals surface area contributed by atoms with E-state index in [-0.39, 0.29) is 12.6 Å². The number of unbranched alkanes of at least 4 members (excludes halogenated alkanes) is 1. The van der Waals surface area contributed by atoms with Crippen LogP contribution in [-0.4, -0.2) is 24.3 Å². The highest BCUT2D eigenvalue weighted by Gasteiger charge is 2.04. The largest absolute Gasteiger partial charge is 0.494 e. The molecular weight excluding hydrogens is 220 g/mol. The smallest absolute Gasteiger partial charge is 0.311 e. The molecule has 0 saturated carbocycles. The van der Waals surface area contributed by atoms with E-state index < -0.39 is 0 Å². The summed E-state index contributed by atoms with van der Waals surface area (Å²) in [5, 5.41) is 8.58. The number of aliphatic hydroxyl groups is 1. The average Bonchev–Trinajstić information content (AvgIpc) is 2.32. The summed E-state index contributed by atoms with van der Waals surface area (Å²) in [5.74, 6) is 0.998. The molecule has 0 bridgehead atoms. The quantitative estimate of drug-likeness (QED) is 0.449. The van der Waals surface area contributed by atoms with E-state index in [0.29, 0.717) is 31.6 Å². The molecule has 0 aromatic heterocycles. The third-order valence-corrected chi connectivity index (χ3v) is 2.16. The lowest BCUT2D eigenvalue weighted by Gasteiger charge is -2.06. The minimum absolute atomic E-state index is 0.107. The Bertz CT molecular complexity index is 332. The summed E-state index contributed by atoms with van der Waals surface area (Å²) >= 11 is 0. The van der Waals surface area contributed by atoms with Crippen LogP contribution in [0.4, 0.5) is 0 Å². The fourth-order valence-corrected chi connectivity index (χ4v) is 1.33. The second-order valence-electron chi connectivity index (χ2n) is 3.56. The first kappa shape index (κ1) is 13.5. The van der Waals surface area contributed by atoms with Gasteiger partial charge in [0.1, 0.15) is 11.5 Å². The molecule has 4 heteroatoms. The topological polar surface area (TPSA) is 55.8 Å². The lowest BCUT2D eigenvalue weighted by Crippen LogP contribution is -2.07. The van der Waals surface area contributed by atoms with Gasteiger partial charge in [-0.1, -0.05) is 0 Å². The van der Waals surface area contributed by atoms with Crippen molar-refractivity contribution in [2.75, 3.05) is 13.2 Å². The van der Waals surface area contributed by atoms with Crippen LogP contribution < -0.4 is 9.47 Å². The van der Waals surface area contributed by atoms with E-state index >= 15 is 0 Å². The lowest BCUT2D eigenvalue weighted by molar-refractivity contribution is -0.134. The van der Waals surface area contributed by atoms with E-state index in [1.165, 1.54) is 0 Å². The van der Waals surface area contributed by atoms with Crippen LogP contribution in [0.3, 0.4) is 0 Å². The van der Waals surface area contributed by atoms with Gasteiger partial charge < -0.3 is 14.6 Å². The zero-order valence-corrected chi connectivity index (χ0v) is 10.0. The van der Waals surface area contributed by atoms with Crippen LogP contribution in [0.25, 0.3) is 0 Å². The molecule has 0 fully saturated rings. The Hall–Kier alpha value is -1.55. The monoisotopic (exact) mass is 238 g/mol. The van der Waals surface area contributed by atoms with Crippen molar-refractivity contribution in [3.05, 3.63) is 24.3 Å². The maximum absolute atomic E-state index is 11.4. The highest BCUT2D eigenvalue weighted by molar-refractivity contribution is 5.72. The summed E-state index contributed by atoms with van der Waals surface area (Å²) in [6, 6.07) is 6.93. The molecule has 0 saturated heterocycles. The number of esters is 1. The van der Waals surface area contributed by atoms with Gasteiger partial charge in [-0.3, -0.25) is 4.79 Å². The Kier molecular flexibility index (Phi) is 6.10. The van der Waals surface area contributed by atoms with Crippen LogP contribution in [-0.2, 0) is 4.79 Å². The highest BCUT2D eigenvalue weighted by Crippen LogP contribution is 2.18. The van der Waals surface area contributed by atoms with Crippen LogP contribution in [0.5, 0.6) is 11.5 Å². The maximum Gasteiger partial charge on any atom is 0.311 e. The van der Waals surface area contributed by atoms with Crippen molar-refractivity contribution >= 4 is 5.97 Å². The summed E-state index contributed by atoms with van der Waals surface area (Å²) in [4.78, 5) is 11.4. The number of carbonyl (C=O) groups is 1. The van der Waals surface area contributed by atoms with Gasteiger partial charge in [0.25, 0.3) is 0 Å². The summed E-state index contributed by atoms with van der Waals surface area (Å²) in [5.41, 5.74) is 0. The Morgan fingerprint density at radius 2 is 1.82 bits per heavy atom. The first-order valence-corrected chi connectivity index (χ1v) is 5.80. The number of aliphatic hydroxyl groups excluding tert-OH is 1. The molecule has 0 unspecified atom stereocenters. The predicted octanol–water partition coefficient (Wildman–Crippen LogP) is 2.15. The van der Waals surface area contributed by atoms with Crippen LogP contribution >= 0.6 is 0 Å². The third-order valence-electron chi connectivity index (χ3n) is 2.16. The van der Waals surface area contributed by atoms with Crippen LogP contribution in [0.1, 0.15) is 26.2 Å². The molecule has 4 nitrogen and oxygen atoms in total. The molecular formula is C13H18O4. The molecule has 1 rings (SSSR count). The van der Waals surface area contributed by atoms with Crippen LogP contribution in [0.2, 0.25) is 0 Å². The highest BCUT2D eigenvalue weighted by atomic mass is 16.5. The normalized spacial score (nSPS) is 10.0. The number of benzene rings is 1. The standard InChI is InChI=1S/C13H18O4/c1-2-16-11-6-8-12(9-7-11)17-13(15)5-3-4-10-14/h6-9,14H,2-5,10H2,1H3. The van der Waals surface area contributed by atoms with Crippen molar-refractivity contribution in [3.8, 4) is 11.5 Å². The summed E-state index contributed by atoms with van der Waals surface area (Å²) in [7, 11) is 0. The first-order valence-electron chi connectivity index (χ1n) is 5.80. The Labute approximate surface area is 101 Å². The van der Waals surface area contributed by atoms with Gasteiger partial charge in [0.15, 0.2) is 0 Å². The van der Waals surface area contributed by atoms with E-state index in [1.54, 1.807) is 24.3 Å². The van der Waals surface area contributed by atoms with Gasteiger partial charge in [0.2, 0.25) is 0 Å². The van der Waals surface area contributed by atoms with Crippen molar-refractivity contribution < 1.29 is 19.4 Å². The third kappa shape index (κ3) is 5.36. The fraction of sp³-hybridized carbons (Fsp3) is 0.462. The zero-order valence-electron chi connectivity index (χ0n) is 10.0. The zero-order chi connectivity index (χ0) is 12.5. The molecule has 0 aliphatic carbocycles. The Morgan fingerprint density at radius 3 is 2.41 bits per heavy atom. The van der Waals surface area contributed by atoms with Gasteiger partial charge in [0, 0.05) is 13.0 Å². The Morgan fingerprint density at radius 1 is 1.18 bits per heavy atom.